The maximum absolute atomic E-state index is 13.5. The molecule has 0 aliphatic rings. The first-order valence-corrected chi connectivity index (χ1v) is 5.12. The standard InChI is InChI=1S/C13H17FN2/c1-9(15)12(10(2)16-3)8-11-6-4-5-7-13(11)14/h4-7,16H,2,8,15H2,1,3H3/b12-9+. The fourth-order valence-corrected chi connectivity index (χ4v) is 1.47. The van der Waals surface area contributed by atoms with Crippen LogP contribution in [0.5, 0.6) is 0 Å². The predicted molar refractivity (Wildman–Crippen MR) is 65.2 cm³/mol. The molecule has 0 saturated heterocycles. The first-order chi connectivity index (χ1) is 7.56. The Labute approximate surface area is 95.7 Å². The molecule has 16 heavy (non-hydrogen) atoms. The van der Waals surface area contributed by atoms with Crippen molar-refractivity contribution in [2.24, 2.45) is 5.73 Å². The molecule has 0 bridgehead atoms. The fourth-order valence-electron chi connectivity index (χ4n) is 1.47. The zero-order chi connectivity index (χ0) is 12.1. The maximum Gasteiger partial charge on any atom is 0.126 e. The maximum atomic E-state index is 13.5. The molecule has 0 atom stereocenters. The molecule has 2 nitrogen and oxygen atoms in total. The highest BCUT2D eigenvalue weighted by atomic mass is 19.1. The van der Waals surface area contributed by atoms with Crippen LogP contribution in [0.4, 0.5) is 4.39 Å². The highest BCUT2D eigenvalue weighted by Crippen LogP contribution is 2.17. The van der Waals surface area contributed by atoms with Crippen LogP contribution in [0.15, 0.2) is 47.8 Å². The van der Waals surface area contributed by atoms with Crippen molar-refractivity contribution in [3.05, 3.63) is 59.2 Å². The molecular weight excluding hydrogens is 203 g/mol. The Morgan fingerprint density at radius 1 is 1.44 bits per heavy atom. The molecule has 1 rings (SSSR count). The number of benzene rings is 1. The van der Waals surface area contributed by atoms with Crippen molar-refractivity contribution in [1.82, 2.24) is 5.32 Å². The summed E-state index contributed by atoms with van der Waals surface area (Å²) in [6.07, 6.45) is 0.453. The zero-order valence-electron chi connectivity index (χ0n) is 9.68. The van der Waals surface area contributed by atoms with Crippen LogP contribution in [0.2, 0.25) is 0 Å². The summed E-state index contributed by atoms with van der Waals surface area (Å²) in [6, 6.07) is 6.68. The van der Waals surface area contributed by atoms with Gasteiger partial charge in [0.2, 0.25) is 0 Å². The van der Waals surface area contributed by atoms with Crippen molar-refractivity contribution in [3.8, 4) is 0 Å². The molecule has 0 saturated carbocycles. The van der Waals surface area contributed by atoms with Gasteiger partial charge in [0.25, 0.3) is 0 Å². The normalized spacial score (nSPS) is 11.9. The van der Waals surface area contributed by atoms with E-state index in [9.17, 15) is 4.39 Å². The van der Waals surface area contributed by atoms with E-state index in [2.05, 4.69) is 11.9 Å². The molecule has 1 aromatic carbocycles. The lowest BCUT2D eigenvalue weighted by atomic mass is 10.0. The van der Waals surface area contributed by atoms with Crippen LogP contribution in [0.3, 0.4) is 0 Å². The van der Waals surface area contributed by atoms with Crippen LogP contribution in [0.1, 0.15) is 12.5 Å². The van der Waals surface area contributed by atoms with Crippen LogP contribution in [-0.2, 0) is 6.42 Å². The topological polar surface area (TPSA) is 38.0 Å². The number of nitrogens with two attached hydrogens (primary N) is 1. The summed E-state index contributed by atoms with van der Waals surface area (Å²) in [6.45, 7) is 5.64. The molecule has 0 aromatic heterocycles. The Kier molecular flexibility index (Phi) is 4.11. The minimum absolute atomic E-state index is 0.217. The van der Waals surface area contributed by atoms with Gasteiger partial charge in [-0.05, 0) is 24.1 Å². The molecule has 1 aromatic rings. The summed E-state index contributed by atoms with van der Waals surface area (Å²) in [5, 5.41) is 2.93. The van der Waals surface area contributed by atoms with E-state index < -0.39 is 0 Å². The molecule has 3 N–H and O–H groups in total. The molecule has 86 valence electrons. The Hall–Kier alpha value is -1.77. The van der Waals surface area contributed by atoms with Crippen LogP contribution < -0.4 is 11.1 Å². The van der Waals surface area contributed by atoms with Gasteiger partial charge in [-0.25, -0.2) is 4.39 Å². The first-order valence-electron chi connectivity index (χ1n) is 5.12. The lowest BCUT2D eigenvalue weighted by molar-refractivity contribution is 0.613. The van der Waals surface area contributed by atoms with Gasteiger partial charge in [0.15, 0.2) is 0 Å². The largest absolute Gasteiger partial charge is 0.402 e. The van der Waals surface area contributed by atoms with Crippen molar-refractivity contribution in [2.45, 2.75) is 13.3 Å². The van der Waals surface area contributed by atoms with Crippen LogP contribution in [-0.4, -0.2) is 7.05 Å². The van der Waals surface area contributed by atoms with Gasteiger partial charge < -0.3 is 11.1 Å². The average molecular weight is 220 g/mol. The lowest BCUT2D eigenvalue weighted by Gasteiger charge is -2.13. The van der Waals surface area contributed by atoms with Gasteiger partial charge in [-0.3, -0.25) is 0 Å². The minimum Gasteiger partial charge on any atom is -0.402 e. The van der Waals surface area contributed by atoms with E-state index in [1.54, 1.807) is 26.1 Å². The third-order valence-electron chi connectivity index (χ3n) is 2.47. The number of hydrogen-bond donors (Lipinski definition) is 2. The second-order valence-corrected chi connectivity index (χ2v) is 3.66. The first kappa shape index (κ1) is 12.3. The van der Waals surface area contributed by atoms with E-state index in [1.807, 2.05) is 6.07 Å². The number of rotatable bonds is 4. The van der Waals surface area contributed by atoms with E-state index in [0.717, 1.165) is 11.3 Å². The Bertz CT molecular complexity index is 418. The summed E-state index contributed by atoms with van der Waals surface area (Å²) in [5.41, 5.74) is 8.61. The number of allylic oxidation sites excluding steroid dienone is 2. The van der Waals surface area contributed by atoms with Gasteiger partial charge >= 0.3 is 0 Å². The summed E-state index contributed by atoms with van der Waals surface area (Å²) in [5.74, 6) is -0.217. The van der Waals surface area contributed by atoms with E-state index >= 15 is 0 Å². The van der Waals surface area contributed by atoms with Gasteiger partial charge in [0, 0.05) is 24.9 Å². The summed E-state index contributed by atoms with van der Waals surface area (Å²) in [4.78, 5) is 0. The Morgan fingerprint density at radius 3 is 2.56 bits per heavy atom. The molecule has 0 heterocycles. The quantitative estimate of drug-likeness (QED) is 0.764. The Morgan fingerprint density at radius 2 is 2.06 bits per heavy atom. The highest BCUT2D eigenvalue weighted by molar-refractivity contribution is 5.36. The summed E-state index contributed by atoms with van der Waals surface area (Å²) < 4.78 is 13.5. The van der Waals surface area contributed by atoms with E-state index in [-0.39, 0.29) is 5.82 Å². The molecule has 0 radical (unpaired) electrons. The van der Waals surface area contributed by atoms with E-state index in [4.69, 9.17) is 5.73 Å². The summed E-state index contributed by atoms with van der Waals surface area (Å²) in [7, 11) is 1.77. The summed E-state index contributed by atoms with van der Waals surface area (Å²) >= 11 is 0. The smallest absolute Gasteiger partial charge is 0.126 e. The molecule has 0 aliphatic heterocycles. The predicted octanol–water partition coefficient (Wildman–Crippen LogP) is 2.33. The lowest BCUT2D eigenvalue weighted by Crippen LogP contribution is -2.13. The highest BCUT2D eigenvalue weighted by Gasteiger charge is 2.08. The minimum atomic E-state index is -0.217. The molecule has 0 aliphatic carbocycles. The van der Waals surface area contributed by atoms with Gasteiger partial charge in [-0.15, -0.1) is 0 Å². The van der Waals surface area contributed by atoms with Crippen molar-refractivity contribution >= 4 is 0 Å². The zero-order valence-corrected chi connectivity index (χ0v) is 9.68. The monoisotopic (exact) mass is 220 g/mol. The van der Waals surface area contributed by atoms with Gasteiger partial charge in [-0.2, -0.15) is 0 Å². The van der Waals surface area contributed by atoms with Crippen LogP contribution in [0.25, 0.3) is 0 Å². The molecule has 0 amide bonds. The van der Waals surface area contributed by atoms with Crippen molar-refractivity contribution < 1.29 is 4.39 Å². The number of halogens is 1. The van der Waals surface area contributed by atoms with E-state index in [1.165, 1.54) is 6.07 Å². The van der Waals surface area contributed by atoms with Crippen LogP contribution >= 0.6 is 0 Å². The van der Waals surface area contributed by atoms with Crippen molar-refractivity contribution in [3.63, 3.8) is 0 Å². The number of hydrogen-bond acceptors (Lipinski definition) is 2. The van der Waals surface area contributed by atoms with Crippen LogP contribution in [0, 0.1) is 5.82 Å². The second-order valence-electron chi connectivity index (χ2n) is 3.66. The molecule has 0 fully saturated rings. The third-order valence-corrected chi connectivity index (χ3v) is 2.47. The van der Waals surface area contributed by atoms with Gasteiger partial charge in [-0.1, -0.05) is 24.8 Å². The molecule has 0 unspecified atom stereocenters. The van der Waals surface area contributed by atoms with Crippen molar-refractivity contribution in [2.75, 3.05) is 7.05 Å². The van der Waals surface area contributed by atoms with E-state index in [0.29, 0.717) is 17.7 Å². The number of nitrogens with one attached hydrogen (secondary N) is 1. The Balaban J connectivity index is 2.99. The number of likely N-dealkylation sites (N-methyl/N-ethyl adjacent to an activating group) is 1. The SMILES string of the molecule is C=C(NC)/C(Cc1ccccc1F)=C(\C)N. The average Bonchev–Trinajstić information content (AvgIpc) is 2.26. The second kappa shape index (κ2) is 5.35. The molecular formula is C13H17FN2. The molecule has 3 heteroatoms. The van der Waals surface area contributed by atoms with Gasteiger partial charge in [0.1, 0.15) is 5.82 Å². The fraction of sp³-hybridized carbons (Fsp3) is 0.231. The third kappa shape index (κ3) is 2.86. The molecule has 0 spiro atoms. The van der Waals surface area contributed by atoms with Gasteiger partial charge in [0.05, 0.1) is 0 Å². The van der Waals surface area contributed by atoms with Crippen molar-refractivity contribution in [1.29, 1.82) is 0 Å².